The average molecular weight is 342 g/mol. The Hall–Kier alpha value is -3.00. The Kier molecular flexibility index (Phi) is 4.62. The summed E-state index contributed by atoms with van der Waals surface area (Å²) in [6.45, 7) is 2.57. The van der Waals surface area contributed by atoms with Crippen LogP contribution >= 0.6 is 0 Å². The van der Waals surface area contributed by atoms with Gasteiger partial charge < -0.3 is 4.90 Å². The maximum absolute atomic E-state index is 12.1. The first-order valence-electron chi connectivity index (χ1n) is 8.09. The number of aromatic nitrogens is 2. The lowest BCUT2D eigenvalue weighted by molar-refractivity contribution is -0.901. The molecule has 25 heavy (non-hydrogen) atoms. The molecule has 0 bridgehead atoms. The van der Waals surface area contributed by atoms with Crippen molar-refractivity contribution in [3.63, 3.8) is 0 Å². The molecule has 1 fully saturated rings. The van der Waals surface area contributed by atoms with E-state index in [4.69, 9.17) is 0 Å². The zero-order chi connectivity index (χ0) is 18.0. The van der Waals surface area contributed by atoms with E-state index >= 15 is 0 Å². The van der Waals surface area contributed by atoms with E-state index in [1.54, 1.807) is 17.8 Å². The molecule has 2 aromatic rings. The fourth-order valence-corrected chi connectivity index (χ4v) is 2.82. The van der Waals surface area contributed by atoms with Gasteiger partial charge in [-0.1, -0.05) is 18.2 Å². The molecule has 1 saturated heterocycles. The predicted molar refractivity (Wildman–Crippen MR) is 88.7 cm³/mol. The quantitative estimate of drug-likeness (QED) is 0.575. The minimum absolute atomic E-state index is 0.135. The number of para-hydroxylation sites is 1. The SMILES string of the molecule is CCN1C(=O)C(=O)N(C[NH+](C)Cc2cnn(-c3ccccc3)c2)C1=O. The summed E-state index contributed by atoms with van der Waals surface area (Å²) in [5, 5.41) is 4.33. The van der Waals surface area contributed by atoms with Crippen LogP contribution in [-0.2, 0) is 16.1 Å². The molecule has 1 aliphatic heterocycles. The molecule has 1 aromatic carbocycles. The van der Waals surface area contributed by atoms with Crippen LogP contribution in [0, 0.1) is 0 Å². The molecule has 130 valence electrons. The Balaban J connectivity index is 1.65. The van der Waals surface area contributed by atoms with Gasteiger partial charge in [-0.2, -0.15) is 5.10 Å². The van der Waals surface area contributed by atoms with Crippen LogP contribution in [-0.4, -0.2) is 57.7 Å². The van der Waals surface area contributed by atoms with Crippen LogP contribution in [0.5, 0.6) is 0 Å². The Bertz CT molecular complexity index is 802. The summed E-state index contributed by atoms with van der Waals surface area (Å²) < 4.78 is 1.77. The van der Waals surface area contributed by atoms with Gasteiger partial charge in [0, 0.05) is 18.3 Å². The van der Waals surface area contributed by atoms with Gasteiger partial charge in [-0.05, 0) is 19.1 Å². The molecule has 0 radical (unpaired) electrons. The first kappa shape index (κ1) is 16.8. The van der Waals surface area contributed by atoms with Gasteiger partial charge in [0.05, 0.1) is 18.9 Å². The van der Waals surface area contributed by atoms with E-state index in [9.17, 15) is 14.4 Å². The molecule has 1 aliphatic rings. The number of amides is 4. The van der Waals surface area contributed by atoms with Crippen molar-refractivity contribution < 1.29 is 19.3 Å². The van der Waals surface area contributed by atoms with Crippen molar-refractivity contribution in [2.24, 2.45) is 0 Å². The van der Waals surface area contributed by atoms with E-state index in [1.165, 1.54) is 0 Å². The summed E-state index contributed by atoms with van der Waals surface area (Å²) in [6, 6.07) is 9.19. The lowest BCUT2D eigenvalue weighted by atomic mass is 10.3. The number of hydrogen-bond acceptors (Lipinski definition) is 4. The van der Waals surface area contributed by atoms with Gasteiger partial charge in [0.25, 0.3) is 0 Å². The Morgan fingerprint density at radius 2 is 1.72 bits per heavy atom. The summed E-state index contributed by atoms with van der Waals surface area (Å²) in [5.74, 6) is -1.51. The van der Waals surface area contributed by atoms with Crippen LogP contribution in [0.4, 0.5) is 4.79 Å². The molecule has 8 nitrogen and oxygen atoms in total. The largest absolute Gasteiger partial charge is 0.338 e. The second kappa shape index (κ2) is 6.86. The molecular weight excluding hydrogens is 322 g/mol. The third kappa shape index (κ3) is 3.29. The van der Waals surface area contributed by atoms with Gasteiger partial charge >= 0.3 is 17.8 Å². The number of carbonyl (C=O) groups excluding carboxylic acids is 3. The van der Waals surface area contributed by atoms with E-state index in [0.29, 0.717) is 6.54 Å². The minimum Gasteiger partial charge on any atom is -0.316 e. The first-order valence-corrected chi connectivity index (χ1v) is 8.09. The summed E-state index contributed by atoms with van der Waals surface area (Å²) in [5.41, 5.74) is 1.93. The zero-order valence-electron chi connectivity index (χ0n) is 14.2. The monoisotopic (exact) mass is 342 g/mol. The second-order valence-corrected chi connectivity index (χ2v) is 5.99. The molecular formula is C17H20N5O3+. The van der Waals surface area contributed by atoms with E-state index in [1.807, 2.05) is 43.6 Å². The van der Waals surface area contributed by atoms with Crippen LogP contribution < -0.4 is 4.90 Å². The van der Waals surface area contributed by atoms with Crippen LogP contribution in [0.25, 0.3) is 5.69 Å². The third-order valence-corrected chi connectivity index (χ3v) is 4.04. The topological polar surface area (TPSA) is 80.0 Å². The Morgan fingerprint density at radius 3 is 2.36 bits per heavy atom. The molecule has 2 heterocycles. The Morgan fingerprint density at radius 1 is 1.04 bits per heavy atom. The van der Waals surface area contributed by atoms with Gasteiger partial charge in [0.1, 0.15) is 6.54 Å². The number of imide groups is 2. The van der Waals surface area contributed by atoms with E-state index < -0.39 is 17.8 Å². The number of benzene rings is 1. The van der Waals surface area contributed by atoms with Crippen LogP contribution in [0.3, 0.4) is 0 Å². The van der Waals surface area contributed by atoms with E-state index in [-0.39, 0.29) is 13.2 Å². The van der Waals surface area contributed by atoms with Gasteiger partial charge in [0.15, 0.2) is 6.67 Å². The van der Waals surface area contributed by atoms with E-state index in [2.05, 4.69) is 5.10 Å². The number of urea groups is 1. The minimum atomic E-state index is -0.758. The molecule has 4 amide bonds. The van der Waals surface area contributed by atoms with Crippen molar-refractivity contribution in [1.82, 2.24) is 19.6 Å². The molecule has 1 N–H and O–H groups in total. The maximum atomic E-state index is 12.1. The van der Waals surface area contributed by atoms with Crippen molar-refractivity contribution in [3.05, 3.63) is 48.3 Å². The van der Waals surface area contributed by atoms with Gasteiger partial charge in [-0.15, -0.1) is 0 Å². The average Bonchev–Trinajstić information content (AvgIpc) is 3.15. The van der Waals surface area contributed by atoms with Gasteiger partial charge in [-0.3, -0.25) is 14.5 Å². The number of hydrogen-bond donors (Lipinski definition) is 1. The molecule has 0 aliphatic carbocycles. The standard InChI is InChI=1S/C17H19N5O3/c1-3-20-15(23)16(24)21(17(20)25)12-19(2)10-13-9-18-22(11-13)14-7-5-4-6-8-14/h4-9,11H,3,10,12H2,1-2H3/p+1. The molecule has 0 spiro atoms. The summed E-state index contributed by atoms with van der Waals surface area (Å²) in [6.07, 6.45) is 3.67. The molecule has 1 unspecified atom stereocenters. The number of nitrogens with zero attached hydrogens (tertiary/aromatic N) is 4. The number of carbonyl (C=O) groups is 3. The van der Waals surface area contributed by atoms with Crippen molar-refractivity contribution >= 4 is 17.8 Å². The molecule has 3 rings (SSSR count). The van der Waals surface area contributed by atoms with E-state index in [0.717, 1.165) is 26.0 Å². The first-order chi connectivity index (χ1) is 12.0. The summed E-state index contributed by atoms with van der Waals surface area (Å²) in [4.78, 5) is 38.7. The van der Waals surface area contributed by atoms with Crippen molar-refractivity contribution in [3.8, 4) is 5.69 Å². The normalized spacial score (nSPS) is 16.0. The summed E-state index contributed by atoms with van der Waals surface area (Å²) in [7, 11) is 1.86. The highest BCUT2D eigenvalue weighted by molar-refractivity contribution is 6.44. The maximum Gasteiger partial charge on any atom is 0.338 e. The number of quaternary nitrogens is 1. The zero-order valence-corrected chi connectivity index (χ0v) is 14.2. The lowest BCUT2D eigenvalue weighted by Gasteiger charge is -2.19. The lowest BCUT2D eigenvalue weighted by Crippen LogP contribution is -3.09. The van der Waals surface area contributed by atoms with Crippen LogP contribution in [0.1, 0.15) is 12.5 Å². The third-order valence-electron chi connectivity index (χ3n) is 4.04. The van der Waals surface area contributed by atoms with Crippen molar-refractivity contribution in [1.29, 1.82) is 0 Å². The smallest absolute Gasteiger partial charge is 0.316 e. The van der Waals surface area contributed by atoms with Crippen LogP contribution in [0.15, 0.2) is 42.7 Å². The number of nitrogens with one attached hydrogen (secondary N) is 1. The predicted octanol–water partition coefficient (Wildman–Crippen LogP) is -0.345. The fraction of sp³-hybridized carbons (Fsp3) is 0.294. The molecule has 1 atom stereocenters. The molecule has 1 aromatic heterocycles. The van der Waals surface area contributed by atoms with Crippen molar-refractivity contribution in [2.45, 2.75) is 13.5 Å². The van der Waals surface area contributed by atoms with Crippen LogP contribution in [0.2, 0.25) is 0 Å². The summed E-state index contributed by atoms with van der Waals surface area (Å²) >= 11 is 0. The van der Waals surface area contributed by atoms with Gasteiger partial charge in [0.2, 0.25) is 0 Å². The van der Waals surface area contributed by atoms with Gasteiger partial charge in [-0.25, -0.2) is 14.4 Å². The highest BCUT2D eigenvalue weighted by Crippen LogP contribution is 2.10. The Labute approximate surface area is 145 Å². The second-order valence-electron chi connectivity index (χ2n) is 5.99. The molecule has 8 heteroatoms. The molecule has 0 saturated carbocycles. The van der Waals surface area contributed by atoms with Crippen molar-refractivity contribution in [2.75, 3.05) is 20.3 Å². The highest BCUT2D eigenvalue weighted by Gasteiger charge is 2.44. The number of rotatable bonds is 6. The fourth-order valence-electron chi connectivity index (χ4n) is 2.82. The highest BCUT2D eigenvalue weighted by atomic mass is 16.2. The number of likely N-dealkylation sites (N-methyl/N-ethyl adjacent to an activating group) is 1.